The van der Waals surface area contributed by atoms with Crippen molar-refractivity contribution in [3.05, 3.63) is 64.2 Å². The largest absolute Gasteiger partial charge is 0.494 e. The molecule has 0 saturated carbocycles. The quantitative estimate of drug-likeness (QED) is 0.555. The van der Waals surface area contributed by atoms with Crippen LogP contribution in [0.5, 0.6) is 5.75 Å². The second-order valence-electron chi connectivity index (χ2n) is 5.45. The fraction of sp³-hybridized carbons (Fsp3) is 0.294. The van der Waals surface area contributed by atoms with Gasteiger partial charge in [0.05, 0.1) is 16.4 Å². The van der Waals surface area contributed by atoms with Crippen molar-refractivity contribution < 1.29 is 18.1 Å². The van der Waals surface area contributed by atoms with Gasteiger partial charge in [0.15, 0.2) is 0 Å². The van der Waals surface area contributed by atoms with Crippen LogP contribution in [-0.2, 0) is 10.0 Å². The van der Waals surface area contributed by atoms with Crippen LogP contribution < -0.4 is 4.74 Å². The predicted molar refractivity (Wildman–Crippen MR) is 94.1 cm³/mol. The molecule has 134 valence electrons. The van der Waals surface area contributed by atoms with Crippen LogP contribution in [0, 0.1) is 10.1 Å². The topological polar surface area (TPSA) is 89.8 Å². The molecule has 25 heavy (non-hydrogen) atoms. The minimum atomic E-state index is -3.74. The average molecular weight is 364 g/mol. The summed E-state index contributed by atoms with van der Waals surface area (Å²) < 4.78 is 32.1. The Bertz CT molecular complexity index is 850. The monoisotopic (exact) mass is 364 g/mol. The normalized spacial score (nSPS) is 12.8. The maximum absolute atomic E-state index is 12.8. The highest BCUT2D eigenvalue weighted by Crippen LogP contribution is 2.28. The number of hydrogen-bond acceptors (Lipinski definition) is 5. The molecule has 0 heterocycles. The second kappa shape index (κ2) is 7.62. The smallest absolute Gasteiger partial charge is 0.269 e. The van der Waals surface area contributed by atoms with Crippen molar-refractivity contribution in [2.24, 2.45) is 0 Å². The van der Waals surface area contributed by atoms with Crippen LogP contribution >= 0.6 is 0 Å². The van der Waals surface area contributed by atoms with Crippen LogP contribution in [0.3, 0.4) is 0 Å². The molecular weight excluding hydrogens is 344 g/mol. The van der Waals surface area contributed by atoms with E-state index >= 15 is 0 Å². The summed E-state index contributed by atoms with van der Waals surface area (Å²) in [7, 11) is -2.29. The van der Waals surface area contributed by atoms with Crippen molar-refractivity contribution in [3.8, 4) is 5.75 Å². The van der Waals surface area contributed by atoms with Gasteiger partial charge in [-0.2, -0.15) is 4.31 Å². The van der Waals surface area contributed by atoms with Gasteiger partial charge in [-0.1, -0.05) is 12.1 Å². The van der Waals surface area contributed by atoms with Crippen LogP contribution in [0.15, 0.2) is 53.4 Å². The van der Waals surface area contributed by atoms with E-state index in [9.17, 15) is 18.5 Å². The Morgan fingerprint density at radius 3 is 2.40 bits per heavy atom. The summed E-state index contributed by atoms with van der Waals surface area (Å²) in [5.74, 6) is 0.593. The van der Waals surface area contributed by atoms with Gasteiger partial charge in [0.25, 0.3) is 5.69 Å². The maximum atomic E-state index is 12.8. The number of sulfonamides is 1. The van der Waals surface area contributed by atoms with Crippen molar-refractivity contribution in [1.29, 1.82) is 0 Å². The number of nitro benzene ring substituents is 1. The molecule has 2 aromatic rings. The molecule has 0 spiro atoms. The van der Waals surface area contributed by atoms with Gasteiger partial charge in [0, 0.05) is 25.2 Å². The fourth-order valence-corrected chi connectivity index (χ4v) is 3.71. The number of hydrogen-bond donors (Lipinski definition) is 0. The third-order valence-electron chi connectivity index (χ3n) is 3.92. The lowest BCUT2D eigenvalue weighted by molar-refractivity contribution is -0.384. The minimum absolute atomic E-state index is 0.0729. The first kappa shape index (κ1) is 18.9. The first-order valence-corrected chi connectivity index (χ1v) is 9.16. The van der Waals surface area contributed by atoms with E-state index in [0.29, 0.717) is 17.9 Å². The molecule has 8 heteroatoms. The lowest BCUT2D eigenvalue weighted by Gasteiger charge is -2.24. The second-order valence-corrected chi connectivity index (χ2v) is 7.45. The lowest BCUT2D eigenvalue weighted by atomic mass is 10.1. The highest BCUT2D eigenvalue weighted by atomic mass is 32.2. The van der Waals surface area contributed by atoms with Crippen LogP contribution in [0.2, 0.25) is 0 Å². The molecule has 0 N–H and O–H groups in total. The molecule has 0 bridgehead atoms. The number of rotatable bonds is 7. The van der Waals surface area contributed by atoms with Crippen LogP contribution in [-0.4, -0.2) is 31.3 Å². The Morgan fingerprint density at radius 1 is 1.20 bits per heavy atom. The summed E-state index contributed by atoms with van der Waals surface area (Å²) in [6, 6.07) is 11.6. The number of nitrogens with zero attached hydrogens (tertiary/aromatic N) is 2. The summed E-state index contributed by atoms with van der Waals surface area (Å²) in [6.45, 7) is 4.03. The molecule has 0 amide bonds. The first-order chi connectivity index (χ1) is 11.8. The number of non-ortho nitro benzene ring substituents is 1. The van der Waals surface area contributed by atoms with Gasteiger partial charge in [-0.3, -0.25) is 10.1 Å². The molecule has 0 fully saturated rings. The van der Waals surface area contributed by atoms with Crippen molar-refractivity contribution in [2.45, 2.75) is 24.8 Å². The number of nitro groups is 1. The summed E-state index contributed by atoms with van der Waals surface area (Å²) in [5.41, 5.74) is 0.474. The maximum Gasteiger partial charge on any atom is 0.269 e. The molecule has 0 aliphatic carbocycles. The van der Waals surface area contributed by atoms with E-state index in [2.05, 4.69) is 0 Å². The van der Waals surface area contributed by atoms with E-state index in [-0.39, 0.29) is 10.6 Å². The Balaban J connectivity index is 2.29. The summed E-state index contributed by atoms with van der Waals surface area (Å²) in [5, 5.41) is 10.9. The van der Waals surface area contributed by atoms with E-state index in [1.54, 1.807) is 31.2 Å². The van der Waals surface area contributed by atoms with Crippen molar-refractivity contribution >= 4 is 15.7 Å². The minimum Gasteiger partial charge on any atom is -0.494 e. The molecule has 0 radical (unpaired) electrons. The van der Waals surface area contributed by atoms with Gasteiger partial charge in [0.1, 0.15) is 5.75 Å². The van der Waals surface area contributed by atoms with Crippen molar-refractivity contribution in [2.75, 3.05) is 13.7 Å². The lowest BCUT2D eigenvalue weighted by Crippen LogP contribution is -2.29. The third-order valence-corrected chi connectivity index (χ3v) is 5.86. The zero-order chi connectivity index (χ0) is 18.6. The molecular formula is C17H20N2O5S. The Morgan fingerprint density at radius 2 is 1.84 bits per heavy atom. The Kier molecular flexibility index (Phi) is 5.76. The van der Waals surface area contributed by atoms with Crippen molar-refractivity contribution in [3.63, 3.8) is 0 Å². The van der Waals surface area contributed by atoms with Crippen LogP contribution in [0.25, 0.3) is 0 Å². The van der Waals surface area contributed by atoms with Crippen LogP contribution in [0.4, 0.5) is 5.69 Å². The van der Waals surface area contributed by atoms with Gasteiger partial charge in [0.2, 0.25) is 10.0 Å². The Labute approximate surface area is 147 Å². The van der Waals surface area contributed by atoms with E-state index in [0.717, 1.165) is 0 Å². The van der Waals surface area contributed by atoms with E-state index < -0.39 is 21.0 Å². The summed E-state index contributed by atoms with van der Waals surface area (Å²) >= 11 is 0. The molecule has 1 atom stereocenters. The molecule has 2 aromatic carbocycles. The van der Waals surface area contributed by atoms with E-state index in [1.165, 1.54) is 35.6 Å². The molecule has 2 rings (SSSR count). The third kappa shape index (κ3) is 4.15. The van der Waals surface area contributed by atoms with Gasteiger partial charge in [-0.15, -0.1) is 0 Å². The molecule has 1 unspecified atom stereocenters. The highest BCUT2D eigenvalue weighted by molar-refractivity contribution is 7.89. The molecule has 0 aromatic heterocycles. The van der Waals surface area contributed by atoms with Crippen molar-refractivity contribution in [1.82, 2.24) is 4.31 Å². The number of ether oxygens (including phenoxy) is 1. The molecule has 0 aliphatic rings. The van der Waals surface area contributed by atoms with Gasteiger partial charge < -0.3 is 4.74 Å². The summed E-state index contributed by atoms with van der Waals surface area (Å²) in [6.07, 6.45) is 0. The predicted octanol–water partition coefficient (Wildman–Crippen LogP) is 3.38. The van der Waals surface area contributed by atoms with Gasteiger partial charge in [-0.25, -0.2) is 8.42 Å². The molecule has 7 nitrogen and oxygen atoms in total. The SMILES string of the molecule is CCOc1ccc(S(=O)(=O)N(C)C(C)c2cccc([N+](=O)[O-])c2)cc1. The fourth-order valence-electron chi connectivity index (χ4n) is 2.36. The first-order valence-electron chi connectivity index (χ1n) is 7.72. The molecule has 0 aliphatic heterocycles. The Hall–Kier alpha value is -2.45. The highest BCUT2D eigenvalue weighted by Gasteiger charge is 2.27. The number of benzene rings is 2. The van der Waals surface area contributed by atoms with E-state index in [1.807, 2.05) is 6.92 Å². The summed E-state index contributed by atoms with van der Waals surface area (Å²) in [4.78, 5) is 10.5. The zero-order valence-electron chi connectivity index (χ0n) is 14.2. The standard InChI is InChI=1S/C17H20N2O5S/c1-4-24-16-8-10-17(11-9-16)25(22,23)18(3)13(2)14-6-5-7-15(12-14)19(20)21/h5-13H,4H2,1-3H3. The van der Waals surface area contributed by atoms with Crippen LogP contribution in [0.1, 0.15) is 25.5 Å². The van der Waals surface area contributed by atoms with Gasteiger partial charge >= 0.3 is 0 Å². The van der Waals surface area contributed by atoms with E-state index in [4.69, 9.17) is 4.74 Å². The molecule has 0 saturated heterocycles. The zero-order valence-corrected chi connectivity index (χ0v) is 15.1. The van der Waals surface area contributed by atoms with Gasteiger partial charge in [-0.05, 0) is 43.7 Å². The average Bonchev–Trinajstić information content (AvgIpc) is 2.61.